The number of hydrogen-bond donors (Lipinski definition) is 2. The van der Waals surface area contributed by atoms with Crippen LogP contribution in [0.1, 0.15) is 46.1 Å². The van der Waals surface area contributed by atoms with Gasteiger partial charge < -0.3 is 11.1 Å². The molecule has 1 rings (SSSR count). The van der Waals surface area contributed by atoms with Gasteiger partial charge in [0.2, 0.25) is 5.91 Å². The van der Waals surface area contributed by atoms with Gasteiger partial charge in [0.1, 0.15) is 0 Å². The normalized spacial score (nSPS) is 14.8. The smallest absolute Gasteiger partial charge is 0.237 e. The Labute approximate surface area is 116 Å². The predicted molar refractivity (Wildman–Crippen MR) is 80.0 cm³/mol. The summed E-state index contributed by atoms with van der Waals surface area (Å²) in [6.45, 7) is 8.34. The zero-order valence-corrected chi connectivity index (χ0v) is 12.4. The van der Waals surface area contributed by atoms with Crippen molar-refractivity contribution in [1.82, 2.24) is 5.32 Å². The van der Waals surface area contributed by atoms with Crippen LogP contribution in [0.2, 0.25) is 0 Å². The van der Waals surface area contributed by atoms with Crippen LogP contribution in [-0.4, -0.2) is 18.0 Å². The minimum atomic E-state index is -0.404. The van der Waals surface area contributed by atoms with E-state index < -0.39 is 6.04 Å². The Morgan fingerprint density at radius 1 is 1.32 bits per heavy atom. The van der Waals surface area contributed by atoms with E-state index in [0.29, 0.717) is 0 Å². The van der Waals surface area contributed by atoms with E-state index in [-0.39, 0.29) is 17.4 Å². The van der Waals surface area contributed by atoms with Crippen LogP contribution in [0.4, 0.5) is 0 Å². The van der Waals surface area contributed by atoms with E-state index >= 15 is 0 Å². The largest absolute Gasteiger partial charge is 0.351 e. The third kappa shape index (κ3) is 4.06. The minimum absolute atomic E-state index is 0.0327. The lowest BCUT2D eigenvalue weighted by molar-refractivity contribution is -0.123. The van der Waals surface area contributed by atoms with Crippen molar-refractivity contribution in [2.24, 2.45) is 5.73 Å². The first kappa shape index (κ1) is 15.7. The van der Waals surface area contributed by atoms with Crippen molar-refractivity contribution in [3.63, 3.8) is 0 Å². The second kappa shape index (κ2) is 6.71. The number of hydrogen-bond acceptors (Lipinski definition) is 2. The third-order valence-electron chi connectivity index (χ3n) is 3.90. The number of nitrogens with one attached hydrogen (secondary N) is 1. The average molecular weight is 262 g/mol. The molecule has 19 heavy (non-hydrogen) atoms. The summed E-state index contributed by atoms with van der Waals surface area (Å²) in [6, 6.07) is 9.86. The van der Waals surface area contributed by atoms with Crippen LogP contribution in [-0.2, 0) is 10.2 Å². The number of carbonyl (C=O) groups excluding carboxylic acids is 1. The van der Waals surface area contributed by atoms with Crippen molar-refractivity contribution in [3.05, 3.63) is 35.9 Å². The lowest BCUT2D eigenvalue weighted by Gasteiger charge is -2.33. The highest BCUT2D eigenvalue weighted by Gasteiger charge is 2.29. The van der Waals surface area contributed by atoms with E-state index in [1.165, 1.54) is 5.56 Å². The number of amides is 1. The maximum atomic E-state index is 12.0. The Hall–Kier alpha value is -1.35. The summed E-state index contributed by atoms with van der Waals surface area (Å²) in [4.78, 5) is 12.0. The lowest BCUT2D eigenvalue weighted by Crippen LogP contribution is -2.50. The first-order chi connectivity index (χ1) is 8.89. The molecule has 1 amide bonds. The van der Waals surface area contributed by atoms with Crippen molar-refractivity contribution in [2.45, 2.75) is 58.0 Å². The summed E-state index contributed by atoms with van der Waals surface area (Å²) in [5.41, 5.74) is 6.94. The summed E-state index contributed by atoms with van der Waals surface area (Å²) >= 11 is 0. The van der Waals surface area contributed by atoms with Gasteiger partial charge in [0, 0.05) is 11.5 Å². The first-order valence-corrected chi connectivity index (χ1v) is 7.01. The molecule has 3 N–H and O–H groups in total. The molecular formula is C16H26N2O. The van der Waals surface area contributed by atoms with Crippen LogP contribution in [0, 0.1) is 0 Å². The van der Waals surface area contributed by atoms with E-state index in [4.69, 9.17) is 5.73 Å². The fourth-order valence-corrected chi connectivity index (χ4v) is 2.06. The molecule has 0 saturated carbocycles. The van der Waals surface area contributed by atoms with Gasteiger partial charge in [-0.15, -0.1) is 0 Å². The van der Waals surface area contributed by atoms with Crippen LogP contribution in [0.3, 0.4) is 0 Å². The molecule has 0 radical (unpaired) electrons. The molecule has 0 saturated heterocycles. The maximum absolute atomic E-state index is 12.0. The Morgan fingerprint density at radius 2 is 1.89 bits per heavy atom. The first-order valence-electron chi connectivity index (χ1n) is 7.01. The van der Waals surface area contributed by atoms with Crippen molar-refractivity contribution < 1.29 is 4.79 Å². The Balaban J connectivity index is 2.72. The van der Waals surface area contributed by atoms with Crippen LogP contribution >= 0.6 is 0 Å². The fourth-order valence-electron chi connectivity index (χ4n) is 2.06. The number of benzene rings is 1. The van der Waals surface area contributed by atoms with Crippen molar-refractivity contribution >= 4 is 5.91 Å². The molecule has 0 bridgehead atoms. The molecule has 0 aliphatic carbocycles. The summed E-state index contributed by atoms with van der Waals surface area (Å²) in [5, 5.41) is 3.04. The average Bonchev–Trinajstić information content (AvgIpc) is 2.39. The molecular weight excluding hydrogens is 236 g/mol. The van der Waals surface area contributed by atoms with Gasteiger partial charge in [-0.25, -0.2) is 0 Å². The van der Waals surface area contributed by atoms with Crippen molar-refractivity contribution in [3.8, 4) is 0 Å². The number of nitrogens with two attached hydrogens (primary N) is 1. The van der Waals surface area contributed by atoms with E-state index in [9.17, 15) is 4.79 Å². The summed E-state index contributed by atoms with van der Waals surface area (Å²) < 4.78 is 0. The predicted octanol–water partition coefficient (Wildman–Crippen LogP) is 2.60. The molecule has 3 nitrogen and oxygen atoms in total. The Morgan fingerprint density at radius 3 is 2.42 bits per heavy atom. The van der Waals surface area contributed by atoms with Gasteiger partial charge in [-0.05, 0) is 18.9 Å². The fraction of sp³-hybridized carbons (Fsp3) is 0.562. The number of carbonyl (C=O) groups is 1. The van der Waals surface area contributed by atoms with Crippen LogP contribution < -0.4 is 11.1 Å². The third-order valence-corrected chi connectivity index (χ3v) is 3.90. The zero-order chi connectivity index (χ0) is 14.5. The van der Waals surface area contributed by atoms with Gasteiger partial charge in [-0.1, -0.05) is 57.5 Å². The molecule has 2 atom stereocenters. The van der Waals surface area contributed by atoms with Crippen molar-refractivity contribution in [2.75, 3.05) is 0 Å². The minimum Gasteiger partial charge on any atom is -0.351 e. The van der Waals surface area contributed by atoms with Crippen molar-refractivity contribution in [1.29, 1.82) is 0 Å². The molecule has 0 fully saturated rings. The van der Waals surface area contributed by atoms with Gasteiger partial charge >= 0.3 is 0 Å². The summed E-state index contributed by atoms with van der Waals surface area (Å²) in [5.74, 6) is -0.0571. The Kier molecular flexibility index (Phi) is 5.55. The Bertz CT molecular complexity index is 400. The molecule has 2 unspecified atom stereocenters. The quantitative estimate of drug-likeness (QED) is 0.828. The molecule has 0 spiro atoms. The topological polar surface area (TPSA) is 55.1 Å². The molecule has 3 heteroatoms. The SMILES string of the molecule is CCCC(N)C(=O)NC(C)C(C)(C)c1ccccc1. The van der Waals surface area contributed by atoms with Gasteiger partial charge in [0.25, 0.3) is 0 Å². The van der Waals surface area contributed by atoms with Gasteiger partial charge in [0.05, 0.1) is 6.04 Å². The van der Waals surface area contributed by atoms with Crippen LogP contribution in [0.25, 0.3) is 0 Å². The van der Waals surface area contributed by atoms with E-state index in [2.05, 4.69) is 31.3 Å². The second-order valence-electron chi connectivity index (χ2n) is 5.71. The van der Waals surface area contributed by atoms with E-state index in [1.54, 1.807) is 0 Å². The molecule has 1 aromatic carbocycles. The molecule has 1 aromatic rings. The molecule has 106 valence electrons. The summed E-state index contributed by atoms with van der Waals surface area (Å²) in [6.07, 6.45) is 1.65. The van der Waals surface area contributed by atoms with Gasteiger partial charge in [-0.3, -0.25) is 4.79 Å². The molecule has 0 aliphatic rings. The molecule has 0 aromatic heterocycles. The highest BCUT2D eigenvalue weighted by molar-refractivity contribution is 5.81. The monoisotopic (exact) mass is 262 g/mol. The highest BCUT2D eigenvalue weighted by Crippen LogP contribution is 2.26. The van der Waals surface area contributed by atoms with Gasteiger partial charge in [0.15, 0.2) is 0 Å². The van der Waals surface area contributed by atoms with Crippen LogP contribution in [0.15, 0.2) is 30.3 Å². The van der Waals surface area contributed by atoms with Gasteiger partial charge in [-0.2, -0.15) is 0 Å². The standard InChI is InChI=1S/C16H26N2O/c1-5-9-14(17)15(19)18-12(2)16(3,4)13-10-7-6-8-11-13/h6-8,10-12,14H,5,9,17H2,1-4H3,(H,18,19). The van der Waals surface area contributed by atoms with Crippen LogP contribution in [0.5, 0.6) is 0 Å². The maximum Gasteiger partial charge on any atom is 0.237 e. The lowest BCUT2D eigenvalue weighted by atomic mass is 9.78. The zero-order valence-electron chi connectivity index (χ0n) is 12.4. The molecule has 0 heterocycles. The van der Waals surface area contributed by atoms with E-state index in [0.717, 1.165) is 12.8 Å². The highest BCUT2D eigenvalue weighted by atomic mass is 16.2. The second-order valence-corrected chi connectivity index (χ2v) is 5.71. The summed E-state index contributed by atoms with van der Waals surface area (Å²) in [7, 11) is 0. The van der Waals surface area contributed by atoms with E-state index in [1.807, 2.05) is 32.0 Å². The molecule has 0 aliphatic heterocycles. The number of rotatable bonds is 6.